The molecule has 138 valence electrons. The van der Waals surface area contributed by atoms with Crippen LogP contribution in [0.25, 0.3) is 10.8 Å². The van der Waals surface area contributed by atoms with E-state index in [0.29, 0.717) is 5.89 Å². The highest BCUT2D eigenvalue weighted by atomic mass is 32.1. The van der Waals surface area contributed by atoms with E-state index in [-0.39, 0.29) is 23.2 Å². The van der Waals surface area contributed by atoms with Crippen molar-refractivity contribution in [3.05, 3.63) is 35.0 Å². The highest BCUT2D eigenvalue weighted by Crippen LogP contribution is 2.25. The van der Waals surface area contributed by atoms with E-state index < -0.39 is 11.5 Å². The van der Waals surface area contributed by atoms with E-state index >= 15 is 0 Å². The van der Waals surface area contributed by atoms with Gasteiger partial charge in [0.1, 0.15) is 11.3 Å². The van der Waals surface area contributed by atoms with Crippen LogP contribution in [0.15, 0.2) is 28.0 Å². The van der Waals surface area contributed by atoms with Crippen LogP contribution in [0, 0.1) is 11.8 Å². The molecule has 0 radical (unpaired) electrons. The lowest BCUT2D eigenvalue weighted by molar-refractivity contribution is 0.101. The molecule has 27 heavy (non-hydrogen) atoms. The second kappa shape index (κ2) is 7.53. The van der Waals surface area contributed by atoms with Crippen LogP contribution in [0.5, 0.6) is 5.75 Å². The molecule has 0 bridgehead atoms. The lowest BCUT2D eigenvalue weighted by atomic mass is 10.1. The van der Waals surface area contributed by atoms with Crippen molar-refractivity contribution in [2.24, 2.45) is 0 Å². The van der Waals surface area contributed by atoms with Gasteiger partial charge in [0.15, 0.2) is 11.4 Å². The molecule has 2 N–H and O–H groups in total. The van der Waals surface area contributed by atoms with E-state index in [2.05, 4.69) is 37.6 Å². The number of methoxy groups -OCH3 is 1. The van der Waals surface area contributed by atoms with Crippen molar-refractivity contribution in [1.29, 1.82) is 0 Å². The maximum Gasteiger partial charge on any atom is 0.322 e. The largest absolute Gasteiger partial charge is 0.494 e. The van der Waals surface area contributed by atoms with Gasteiger partial charge in [0.25, 0.3) is 11.8 Å². The number of ether oxygens (including phenoxy) is 1. The van der Waals surface area contributed by atoms with E-state index in [4.69, 9.17) is 9.15 Å². The Bertz CT molecular complexity index is 1010. The average molecular weight is 385 g/mol. The molecule has 3 aromatic heterocycles. The van der Waals surface area contributed by atoms with Crippen molar-refractivity contribution in [2.45, 2.75) is 19.4 Å². The molecular formula is C17H15N5O4S. The molecule has 0 aliphatic heterocycles. The Morgan fingerprint density at radius 2 is 2.15 bits per heavy atom. The Balaban J connectivity index is 1.79. The maximum absolute atomic E-state index is 12.4. The highest BCUT2D eigenvalue weighted by Gasteiger charge is 2.19. The Morgan fingerprint density at radius 3 is 2.81 bits per heavy atom. The fraction of sp³-hybridized carbons (Fsp3) is 0.235. The van der Waals surface area contributed by atoms with E-state index in [9.17, 15) is 9.90 Å². The second-order valence-electron chi connectivity index (χ2n) is 5.80. The monoisotopic (exact) mass is 385 g/mol. The zero-order valence-corrected chi connectivity index (χ0v) is 15.5. The number of aromatic nitrogens is 4. The van der Waals surface area contributed by atoms with Gasteiger partial charge in [-0.1, -0.05) is 17.1 Å². The summed E-state index contributed by atoms with van der Waals surface area (Å²) in [5.74, 6) is 5.12. The number of hydrogen-bond donors (Lipinski definition) is 2. The molecule has 1 amide bonds. The number of anilines is 1. The predicted molar refractivity (Wildman–Crippen MR) is 97.3 cm³/mol. The first-order valence-electron chi connectivity index (χ1n) is 7.72. The first kappa shape index (κ1) is 18.5. The number of aliphatic hydroxyl groups is 1. The third-order valence-corrected chi connectivity index (χ3v) is 3.93. The number of carbonyl (C=O) groups excluding carboxylic acids is 1. The number of carbonyl (C=O) groups is 1. The first-order valence-corrected chi connectivity index (χ1v) is 8.59. The molecule has 10 heteroatoms. The van der Waals surface area contributed by atoms with Gasteiger partial charge in [-0.15, -0.1) is 26.6 Å². The topological polar surface area (TPSA) is 123 Å². The summed E-state index contributed by atoms with van der Waals surface area (Å²) in [7, 11) is 1.39. The van der Waals surface area contributed by atoms with Crippen LogP contribution in [0.3, 0.4) is 0 Å². The van der Waals surface area contributed by atoms with Crippen molar-refractivity contribution in [2.75, 3.05) is 12.4 Å². The SMILES string of the molecule is COc1cc(C#CC(C)(C)O)nnc1C(=O)Nc1nnc(-c2cccs2)o1. The van der Waals surface area contributed by atoms with Gasteiger partial charge in [-0.25, -0.2) is 0 Å². The standard InChI is InChI=1S/C17H15N5O4S/c1-17(2,24)7-6-10-9-11(25-3)13(20-19-10)14(23)18-16-22-21-15(26-16)12-5-4-8-27-12/h4-5,8-9,24H,1-3H3,(H,18,22,23). The Labute approximate surface area is 158 Å². The summed E-state index contributed by atoms with van der Waals surface area (Å²) in [5.41, 5.74) is -0.992. The van der Waals surface area contributed by atoms with E-state index in [1.165, 1.54) is 24.5 Å². The molecule has 0 aliphatic carbocycles. The lowest BCUT2D eigenvalue weighted by Gasteiger charge is -2.07. The fourth-order valence-corrected chi connectivity index (χ4v) is 2.54. The van der Waals surface area contributed by atoms with Gasteiger partial charge in [0.05, 0.1) is 12.0 Å². The summed E-state index contributed by atoms with van der Waals surface area (Å²) in [6.07, 6.45) is 0. The average Bonchev–Trinajstić information content (AvgIpc) is 3.30. The molecule has 3 aromatic rings. The quantitative estimate of drug-likeness (QED) is 0.654. The van der Waals surface area contributed by atoms with Gasteiger partial charge < -0.3 is 14.3 Å². The van der Waals surface area contributed by atoms with Crippen LogP contribution >= 0.6 is 11.3 Å². The van der Waals surface area contributed by atoms with Crippen molar-refractivity contribution >= 4 is 23.3 Å². The third-order valence-electron chi connectivity index (χ3n) is 3.07. The summed E-state index contributed by atoms with van der Waals surface area (Å²) < 4.78 is 10.6. The zero-order chi connectivity index (χ0) is 19.4. The molecule has 3 heterocycles. The molecule has 0 aliphatic rings. The zero-order valence-electron chi connectivity index (χ0n) is 14.7. The molecule has 9 nitrogen and oxygen atoms in total. The van der Waals surface area contributed by atoms with Crippen LogP contribution < -0.4 is 10.1 Å². The van der Waals surface area contributed by atoms with Crippen LogP contribution in [-0.4, -0.2) is 44.1 Å². The number of rotatable bonds is 4. The Hall–Kier alpha value is -3.29. The third kappa shape index (κ3) is 4.66. The molecule has 0 spiro atoms. The van der Waals surface area contributed by atoms with E-state index in [0.717, 1.165) is 4.88 Å². The Kier molecular flexibility index (Phi) is 5.16. The molecule has 3 rings (SSSR count). The van der Waals surface area contributed by atoms with Crippen molar-refractivity contribution in [3.63, 3.8) is 0 Å². The Morgan fingerprint density at radius 1 is 1.33 bits per heavy atom. The number of nitrogens with zero attached hydrogens (tertiary/aromatic N) is 4. The normalized spacial score (nSPS) is 10.8. The fourth-order valence-electron chi connectivity index (χ4n) is 1.90. The van der Waals surface area contributed by atoms with Crippen molar-refractivity contribution < 1.29 is 19.1 Å². The van der Waals surface area contributed by atoms with Crippen LogP contribution in [0.4, 0.5) is 6.01 Å². The van der Waals surface area contributed by atoms with Gasteiger partial charge in [-0.05, 0) is 31.2 Å². The number of hydrogen-bond acceptors (Lipinski definition) is 9. The van der Waals surface area contributed by atoms with Gasteiger partial charge >= 0.3 is 6.01 Å². The summed E-state index contributed by atoms with van der Waals surface area (Å²) in [5, 5.41) is 29.3. The minimum Gasteiger partial charge on any atom is -0.494 e. The minimum absolute atomic E-state index is 0.0674. The first-order chi connectivity index (χ1) is 12.9. The summed E-state index contributed by atoms with van der Waals surface area (Å²) >= 11 is 1.44. The highest BCUT2D eigenvalue weighted by molar-refractivity contribution is 7.13. The molecule has 0 saturated heterocycles. The van der Waals surface area contributed by atoms with Crippen molar-refractivity contribution in [3.8, 4) is 28.4 Å². The summed E-state index contributed by atoms with van der Waals surface area (Å²) in [4.78, 5) is 13.2. The molecule has 0 fully saturated rings. The predicted octanol–water partition coefficient (Wildman–Crippen LogP) is 1.97. The van der Waals surface area contributed by atoms with Gasteiger partial charge in [-0.2, -0.15) is 0 Å². The van der Waals surface area contributed by atoms with Gasteiger partial charge in [0.2, 0.25) is 0 Å². The lowest BCUT2D eigenvalue weighted by Crippen LogP contribution is -2.17. The van der Waals surface area contributed by atoms with Crippen LogP contribution in [-0.2, 0) is 0 Å². The van der Waals surface area contributed by atoms with Crippen LogP contribution in [0.2, 0.25) is 0 Å². The van der Waals surface area contributed by atoms with Gasteiger partial charge in [-0.3, -0.25) is 10.1 Å². The molecule has 0 saturated carbocycles. The molecule has 0 atom stereocenters. The van der Waals surface area contributed by atoms with Gasteiger partial charge in [0, 0.05) is 6.07 Å². The molecule has 0 unspecified atom stereocenters. The maximum atomic E-state index is 12.4. The second-order valence-corrected chi connectivity index (χ2v) is 6.75. The molecule has 0 aromatic carbocycles. The smallest absolute Gasteiger partial charge is 0.322 e. The summed E-state index contributed by atoms with van der Waals surface area (Å²) in [6, 6.07) is 5.06. The number of amides is 1. The van der Waals surface area contributed by atoms with Crippen molar-refractivity contribution in [1.82, 2.24) is 20.4 Å². The number of nitrogens with one attached hydrogen (secondary N) is 1. The minimum atomic E-state index is -1.18. The number of thiophene rings is 1. The van der Waals surface area contributed by atoms with E-state index in [1.54, 1.807) is 13.8 Å². The van der Waals surface area contributed by atoms with Crippen LogP contribution in [0.1, 0.15) is 30.0 Å². The molecular weight excluding hydrogens is 370 g/mol. The summed E-state index contributed by atoms with van der Waals surface area (Å²) in [6.45, 7) is 3.09. The van der Waals surface area contributed by atoms with E-state index in [1.807, 2.05) is 17.5 Å².